The maximum Gasteiger partial charge on any atom is 0.234 e. The maximum absolute atomic E-state index is 12.3. The molecule has 0 aliphatic rings. The molecule has 0 saturated heterocycles. The van der Waals surface area contributed by atoms with Crippen LogP contribution in [0, 0.1) is 0 Å². The highest BCUT2D eigenvalue weighted by atomic mass is 79.9. The second-order valence-electron chi connectivity index (χ2n) is 5.38. The van der Waals surface area contributed by atoms with Crippen LogP contribution in [0.15, 0.2) is 62.6 Å². The Bertz CT molecular complexity index is 915. The molecule has 0 aliphatic carbocycles. The quantitative estimate of drug-likeness (QED) is 0.484. The van der Waals surface area contributed by atoms with E-state index in [0.717, 1.165) is 32.6 Å². The van der Waals surface area contributed by atoms with E-state index in [0.29, 0.717) is 5.16 Å². The zero-order valence-electron chi connectivity index (χ0n) is 13.9. The molecule has 0 saturated carbocycles. The molecule has 1 amide bonds. The van der Waals surface area contributed by atoms with Gasteiger partial charge < -0.3 is 5.32 Å². The first kappa shape index (κ1) is 19.1. The lowest BCUT2D eigenvalue weighted by molar-refractivity contribution is -0.113. The summed E-state index contributed by atoms with van der Waals surface area (Å²) in [6.45, 7) is 2.04. The summed E-state index contributed by atoms with van der Waals surface area (Å²) in [5.41, 5.74) is 1.73. The molecule has 3 aromatic rings. The number of hydrogen-bond acceptors (Lipinski definition) is 4. The van der Waals surface area contributed by atoms with Crippen LogP contribution in [0.2, 0.25) is 0 Å². The molecule has 1 heterocycles. The van der Waals surface area contributed by atoms with Crippen LogP contribution in [-0.4, -0.2) is 26.4 Å². The summed E-state index contributed by atoms with van der Waals surface area (Å²) in [4.78, 5) is 12.3. The molecule has 3 rings (SSSR count). The number of aryl methyl sites for hydroxylation is 1. The molecule has 8 heteroatoms. The van der Waals surface area contributed by atoms with Crippen LogP contribution in [-0.2, 0) is 11.2 Å². The number of carbonyl (C=O) groups excluding carboxylic acids is 1. The highest BCUT2D eigenvalue weighted by Gasteiger charge is 2.15. The van der Waals surface area contributed by atoms with Crippen molar-refractivity contribution in [3.05, 3.63) is 63.3 Å². The second-order valence-corrected chi connectivity index (χ2v) is 8.10. The number of nitrogens with zero attached hydrogens (tertiary/aromatic N) is 3. The fraction of sp³-hybridized carbons (Fsp3) is 0.167. The number of benzene rings is 2. The number of carbonyl (C=O) groups is 1. The van der Waals surface area contributed by atoms with Crippen molar-refractivity contribution < 1.29 is 4.79 Å². The van der Waals surface area contributed by atoms with Crippen molar-refractivity contribution in [2.45, 2.75) is 18.5 Å². The molecule has 2 aromatic carbocycles. The molecular weight excluding hydrogens is 480 g/mol. The lowest BCUT2D eigenvalue weighted by Crippen LogP contribution is -2.15. The number of para-hydroxylation sites is 1. The SMILES string of the molecule is CCc1nnc(SCC(=O)Nc2ccc(Br)cc2Br)n1-c1ccccc1. The highest BCUT2D eigenvalue weighted by Crippen LogP contribution is 2.27. The van der Waals surface area contributed by atoms with Gasteiger partial charge in [-0.2, -0.15) is 0 Å². The van der Waals surface area contributed by atoms with Crippen LogP contribution in [0.5, 0.6) is 0 Å². The van der Waals surface area contributed by atoms with Gasteiger partial charge >= 0.3 is 0 Å². The average molecular weight is 496 g/mol. The molecule has 0 aliphatic heterocycles. The molecular formula is C18H16Br2N4OS. The summed E-state index contributed by atoms with van der Waals surface area (Å²) in [6.07, 6.45) is 0.764. The van der Waals surface area contributed by atoms with Crippen LogP contribution in [0.4, 0.5) is 5.69 Å². The molecule has 0 unspecified atom stereocenters. The third-order valence-corrected chi connectivity index (χ3v) is 5.65. The first-order chi connectivity index (χ1) is 12.6. The van der Waals surface area contributed by atoms with Crippen LogP contribution >= 0.6 is 43.6 Å². The number of nitrogens with one attached hydrogen (secondary N) is 1. The van der Waals surface area contributed by atoms with Crippen molar-refractivity contribution >= 4 is 55.2 Å². The van der Waals surface area contributed by atoms with Gasteiger partial charge in [0.1, 0.15) is 5.82 Å². The Hall–Kier alpha value is -1.64. The van der Waals surface area contributed by atoms with E-state index in [4.69, 9.17) is 0 Å². The largest absolute Gasteiger partial charge is 0.324 e. The minimum Gasteiger partial charge on any atom is -0.324 e. The zero-order valence-corrected chi connectivity index (χ0v) is 17.9. The van der Waals surface area contributed by atoms with Crippen molar-refractivity contribution in [1.82, 2.24) is 14.8 Å². The third-order valence-electron chi connectivity index (χ3n) is 3.57. The number of aromatic nitrogens is 3. The van der Waals surface area contributed by atoms with Crippen LogP contribution < -0.4 is 5.32 Å². The predicted molar refractivity (Wildman–Crippen MR) is 112 cm³/mol. The van der Waals surface area contributed by atoms with Gasteiger partial charge in [0.25, 0.3) is 0 Å². The molecule has 26 heavy (non-hydrogen) atoms. The zero-order chi connectivity index (χ0) is 18.5. The number of amides is 1. The summed E-state index contributed by atoms with van der Waals surface area (Å²) >= 11 is 8.21. The van der Waals surface area contributed by atoms with E-state index in [9.17, 15) is 4.79 Å². The Morgan fingerprint density at radius 1 is 1.15 bits per heavy atom. The minimum atomic E-state index is -0.0984. The van der Waals surface area contributed by atoms with Gasteiger partial charge in [-0.3, -0.25) is 9.36 Å². The summed E-state index contributed by atoms with van der Waals surface area (Å²) in [5.74, 6) is 1.02. The standard InChI is InChI=1S/C18H16Br2N4OS/c1-2-16-22-23-18(24(16)13-6-4-3-5-7-13)26-11-17(25)21-15-9-8-12(19)10-14(15)20/h3-10H,2,11H2,1H3,(H,21,25). The third kappa shape index (κ3) is 4.55. The number of halogens is 2. The van der Waals surface area contributed by atoms with Gasteiger partial charge in [-0.1, -0.05) is 52.8 Å². The predicted octanol–water partition coefficient (Wildman–Crippen LogP) is 5.09. The van der Waals surface area contributed by atoms with Gasteiger partial charge in [0, 0.05) is 21.1 Å². The summed E-state index contributed by atoms with van der Waals surface area (Å²) in [5, 5.41) is 12.1. The smallest absolute Gasteiger partial charge is 0.234 e. The number of rotatable bonds is 6. The summed E-state index contributed by atoms with van der Waals surface area (Å²) < 4.78 is 3.76. The molecule has 5 nitrogen and oxygen atoms in total. The molecule has 0 radical (unpaired) electrons. The van der Waals surface area contributed by atoms with Gasteiger partial charge in [-0.25, -0.2) is 0 Å². The fourth-order valence-electron chi connectivity index (χ4n) is 2.37. The molecule has 134 valence electrons. The first-order valence-corrected chi connectivity index (χ1v) is 10.5. The van der Waals surface area contributed by atoms with E-state index in [-0.39, 0.29) is 11.7 Å². The van der Waals surface area contributed by atoms with Gasteiger partial charge in [0.05, 0.1) is 11.4 Å². The van der Waals surface area contributed by atoms with Gasteiger partial charge in [-0.05, 0) is 46.3 Å². The maximum atomic E-state index is 12.3. The monoisotopic (exact) mass is 494 g/mol. The average Bonchev–Trinajstić information content (AvgIpc) is 3.06. The molecule has 0 fully saturated rings. The van der Waals surface area contributed by atoms with Gasteiger partial charge in [0.15, 0.2) is 5.16 Å². The Labute approximate surface area is 172 Å². The van der Waals surface area contributed by atoms with E-state index in [1.54, 1.807) is 0 Å². The van der Waals surface area contributed by atoms with E-state index in [1.165, 1.54) is 11.8 Å². The molecule has 1 aromatic heterocycles. The molecule has 0 atom stereocenters. The Balaban J connectivity index is 1.72. The van der Waals surface area contributed by atoms with Gasteiger partial charge in [-0.15, -0.1) is 10.2 Å². The van der Waals surface area contributed by atoms with Crippen LogP contribution in [0.3, 0.4) is 0 Å². The lowest BCUT2D eigenvalue weighted by Gasteiger charge is -2.10. The van der Waals surface area contributed by atoms with Crippen molar-refractivity contribution in [3.63, 3.8) is 0 Å². The summed E-state index contributed by atoms with van der Waals surface area (Å²) in [7, 11) is 0. The van der Waals surface area contributed by atoms with E-state index in [1.807, 2.05) is 60.0 Å². The first-order valence-electron chi connectivity index (χ1n) is 7.96. The van der Waals surface area contributed by atoms with Crippen LogP contribution in [0.1, 0.15) is 12.7 Å². The van der Waals surface area contributed by atoms with Crippen molar-refractivity contribution in [3.8, 4) is 5.69 Å². The topological polar surface area (TPSA) is 59.8 Å². The number of thioether (sulfide) groups is 1. The molecule has 1 N–H and O–H groups in total. The second kappa shape index (κ2) is 8.83. The van der Waals surface area contributed by atoms with Crippen molar-refractivity contribution in [2.24, 2.45) is 0 Å². The lowest BCUT2D eigenvalue weighted by atomic mass is 10.3. The minimum absolute atomic E-state index is 0.0984. The highest BCUT2D eigenvalue weighted by molar-refractivity contribution is 9.11. The fourth-order valence-corrected chi connectivity index (χ4v) is 4.28. The van der Waals surface area contributed by atoms with Crippen molar-refractivity contribution in [1.29, 1.82) is 0 Å². The van der Waals surface area contributed by atoms with E-state index < -0.39 is 0 Å². The van der Waals surface area contributed by atoms with Gasteiger partial charge in [0.2, 0.25) is 5.91 Å². The summed E-state index contributed by atoms with van der Waals surface area (Å²) in [6, 6.07) is 15.5. The number of anilines is 1. The molecule has 0 bridgehead atoms. The van der Waals surface area contributed by atoms with Crippen molar-refractivity contribution in [2.75, 3.05) is 11.1 Å². The Morgan fingerprint density at radius 3 is 2.62 bits per heavy atom. The van der Waals surface area contributed by atoms with Crippen LogP contribution in [0.25, 0.3) is 5.69 Å². The van der Waals surface area contributed by atoms with E-state index >= 15 is 0 Å². The number of hydrogen-bond donors (Lipinski definition) is 1. The van der Waals surface area contributed by atoms with E-state index in [2.05, 4.69) is 47.4 Å². The Kier molecular flexibility index (Phi) is 6.50. The normalized spacial score (nSPS) is 10.7. The Morgan fingerprint density at radius 2 is 1.92 bits per heavy atom. The molecule has 0 spiro atoms.